The first-order chi connectivity index (χ1) is 8.51. The quantitative estimate of drug-likeness (QED) is 0.907. The first kappa shape index (κ1) is 14.1. The van der Waals surface area contributed by atoms with Gasteiger partial charge >= 0.3 is 0 Å². The predicted molar refractivity (Wildman–Crippen MR) is 78.3 cm³/mol. The van der Waals surface area contributed by atoms with Crippen LogP contribution in [0.1, 0.15) is 29.3 Å². The van der Waals surface area contributed by atoms with Crippen LogP contribution in [0.15, 0.2) is 16.6 Å². The topological polar surface area (TPSA) is 38.0 Å². The Hall–Kier alpha value is -0.360. The molecule has 3 nitrogen and oxygen atoms in total. The summed E-state index contributed by atoms with van der Waals surface area (Å²) in [6.07, 6.45) is 0.0121. The highest BCUT2D eigenvalue weighted by Crippen LogP contribution is 2.36. The van der Waals surface area contributed by atoms with Gasteiger partial charge in [-0.2, -0.15) is 5.10 Å². The van der Waals surface area contributed by atoms with E-state index in [1.807, 2.05) is 30.7 Å². The van der Waals surface area contributed by atoms with Gasteiger partial charge in [-0.1, -0.05) is 11.6 Å². The van der Waals surface area contributed by atoms with Gasteiger partial charge in [-0.15, -0.1) is 11.3 Å². The van der Waals surface area contributed by atoms with Gasteiger partial charge in [0, 0.05) is 28.0 Å². The van der Waals surface area contributed by atoms with Crippen LogP contribution in [0.2, 0.25) is 4.34 Å². The maximum atomic E-state index is 10.2. The lowest BCUT2D eigenvalue weighted by Gasteiger charge is -2.09. The van der Waals surface area contributed by atoms with E-state index in [-0.39, 0.29) is 0 Å². The van der Waals surface area contributed by atoms with Gasteiger partial charge in [0.1, 0.15) is 4.34 Å². The molecule has 6 heteroatoms. The van der Waals surface area contributed by atoms with Crippen LogP contribution in [0.4, 0.5) is 0 Å². The summed E-state index contributed by atoms with van der Waals surface area (Å²) in [5.74, 6) is 0. The van der Waals surface area contributed by atoms with Crippen molar-refractivity contribution in [3.8, 4) is 0 Å². The van der Waals surface area contributed by atoms with Gasteiger partial charge in [0.2, 0.25) is 0 Å². The number of aromatic nitrogens is 2. The van der Waals surface area contributed by atoms with Crippen LogP contribution in [-0.4, -0.2) is 14.9 Å². The standard InChI is InChI=1S/C12H14BrClN2OS/c1-3-16-8(4-7(2)15-16)5-10(17)11-6-9(13)12(14)18-11/h4,6,10,17H,3,5H2,1-2H3. The summed E-state index contributed by atoms with van der Waals surface area (Å²) < 4.78 is 3.43. The van der Waals surface area contributed by atoms with Gasteiger partial charge in [0.25, 0.3) is 0 Å². The van der Waals surface area contributed by atoms with E-state index in [1.54, 1.807) is 0 Å². The van der Waals surface area contributed by atoms with Crippen LogP contribution in [-0.2, 0) is 13.0 Å². The number of thiophene rings is 1. The van der Waals surface area contributed by atoms with Crippen LogP contribution in [0.25, 0.3) is 0 Å². The van der Waals surface area contributed by atoms with Crippen molar-refractivity contribution >= 4 is 38.9 Å². The Morgan fingerprint density at radius 2 is 2.28 bits per heavy atom. The molecule has 0 saturated heterocycles. The highest BCUT2D eigenvalue weighted by atomic mass is 79.9. The molecule has 2 aromatic rings. The van der Waals surface area contributed by atoms with Crippen molar-refractivity contribution < 1.29 is 5.11 Å². The number of aliphatic hydroxyl groups excluding tert-OH is 1. The lowest BCUT2D eigenvalue weighted by molar-refractivity contribution is 0.179. The summed E-state index contributed by atoms with van der Waals surface area (Å²) in [6, 6.07) is 3.88. The lowest BCUT2D eigenvalue weighted by Crippen LogP contribution is -2.07. The van der Waals surface area contributed by atoms with Crippen molar-refractivity contribution in [1.82, 2.24) is 9.78 Å². The molecule has 0 aliphatic carbocycles. The SMILES string of the molecule is CCn1nc(C)cc1CC(O)c1cc(Br)c(Cl)s1. The Balaban J connectivity index is 2.17. The van der Waals surface area contributed by atoms with Crippen molar-refractivity contribution in [2.24, 2.45) is 0 Å². The minimum absolute atomic E-state index is 0.541. The molecule has 1 unspecified atom stereocenters. The van der Waals surface area contributed by atoms with Crippen molar-refractivity contribution in [2.75, 3.05) is 0 Å². The van der Waals surface area contributed by atoms with E-state index in [1.165, 1.54) is 11.3 Å². The summed E-state index contributed by atoms with van der Waals surface area (Å²) >= 11 is 10.7. The van der Waals surface area contributed by atoms with E-state index in [2.05, 4.69) is 21.0 Å². The summed E-state index contributed by atoms with van der Waals surface area (Å²) in [4.78, 5) is 0.869. The first-order valence-electron chi connectivity index (χ1n) is 5.67. The van der Waals surface area contributed by atoms with Crippen LogP contribution in [0, 0.1) is 6.92 Å². The van der Waals surface area contributed by atoms with Gasteiger partial charge in [0.15, 0.2) is 0 Å². The number of halogens is 2. The lowest BCUT2D eigenvalue weighted by atomic mass is 10.1. The summed E-state index contributed by atoms with van der Waals surface area (Å²) in [5.41, 5.74) is 2.02. The molecular weight excluding hydrogens is 336 g/mol. The maximum Gasteiger partial charge on any atom is 0.107 e. The molecule has 0 fully saturated rings. The fourth-order valence-corrected chi connectivity index (χ4v) is 3.59. The number of aryl methyl sites for hydroxylation is 2. The molecule has 0 saturated carbocycles. The van der Waals surface area contributed by atoms with Gasteiger partial charge in [-0.05, 0) is 41.9 Å². The summed E-state index contributed by atoms with van der Waals surface area (Å²) in [7, 11) is 0. The number of nitrogens with zero attached hydrogens (tertiary/aromatic N) is 2. The molecule has 0 amide bonds. The monoisotopic (exact) mass is 348 g/mol. The van der Waals surface area contributed by atoms with Gasteiger partial charge in [-0.3, -0.25) is 4.68 Å². The Kier molecular flexibility index (Phi) is 4.48. The number of rotatable bonds is 4. The molecule has 18 heavy (non-hydrogen) atoms. The van der Waals surface area contributed by atoms with Crippen molar-refractivity contribution in [1.29, 1.82) is 0 Å². The molecule has 0 aliphatic heterocycles. The predicted octanol–water partition coefficient (Wildman–Crippen LogP) is 3.96. The second-order valence-corrected chi connectivity index (χ2v) is 6.62. The minimum Gasteiger partial charge on any atom is -0.387 e. The number of hydrogen-bond acceptors (Lipinski definition) is 3. The molecule has 0 spiro atoms. The van der Waals surface area contributed by atoms with E-state index in [4.69, 9.17) is 11.6 Å². The van der Waals surface area contributed by atoms with Crippen LogP contribution < -0.4 is 0 Å². The third-order valence-corrected chi connectivity index (χ3v) is 5.26. The zero-order valence-electron chi connectivity index (χ0n) is 10.2. The molecule has 98 valence electrons. The fraction of sp³-hybridized carbons (Fsp3) is 0.417. The molecule has 1 atom stereocenters. The molecule has 0 radical (unpaired) electrons. The van der Waals surface area contributed by atoms with Crippen LogP contribution in [0.3, 0.4) is 0 Å². The van der Waals surface area contributed by atoms with Crippen LogP contribution in [0.5, 0.6) is 0 Å². The smallest absolute Gasteiger partial charge is 0.107 e. The first-order valence-corrected chi connectivity index (χ1v) is 7.66. The second-order valence-electron chi connectivity index (χ2n) is 4.08. The maximum absolute atomic E-state index is 10.2. The summed E-state index contributed by atoms with van der Waals surface area (Å²) in [5, 5.41) is 14.6. The van der Waals surface area contributed by atoms with Gasteiger partial charge in [0.05, 0.1) is 11.8 Å². The Labute approximate surface area is 124 Å². The normalized spacial score (nSPS) is 12.9. The average Bonchev–Trinajstić information content (AvgIpc) is 2.83. The average molecular weight is 350 g/mol. The van der Waals surface area contributed by atoms with Crippen molar-refractivity contribution in [3.05, 3.63) is 37.2 Å². The number of aliphatic hydroxyl groups is 1. The molecule has 0 aliphatic rings. The highest BCUT2D eigenvalue weighted by Gasteiger charge is 2.16. The Morgan fingerprint density at radius 1 is 1.56 bits per heavy atom. The molecule has 2 heterocycles. The van der Waals surface area contributed by atoms with Crippen molar-refractivity contribution in [2.45, 2.75) is 32.9 Å². The molecule has 2 rings (SSSR count). The second kappa shape index (κ2) is 5.74. The van der Waals surface area contributed by atoms with Crippen LogP contribution >= 0.6 is 38.9 Å². The largest absolute Gasteiger partial charge is 0.387 e. The van der Waals surface area contributed by atoms with E-state index < -0.39 is 6.10 Å². The third kappa shape index (κ3) is 2.96. The highest BCUT2D eigenvalue weighted by molar-refractivity contribution is 9.10. The van der Waals surface area contributed by atoms with Gasteiger partial charge < -0.3 is 5.11 Å². The third-order valence-electron chi connectivity index (χ3n) is 2.68. The Morgan fingerprint density at radius 3 is 2.83 bits per heavy atom. The fourth-order valence-electron chi connectivity index (χ4n) is 1.86. The minimum atomic E-state index is -0.541. The molecule has 1 N–H and O–H groups in total. The van der Waals surface area contributed by atoms with Crippen molar-refractivity contribution in [3.63, 3.8) is 0 Å². The molecule has 2 aromatic heterocycles. The molecule has 0 bridgehead atoms. The van der Waals surface area contributed by atoms with Gasteiger partial charge in [-0.25, -0.2) is 0 Å². The zero-order valence-corrected chi connectivity index (χ0v) is 13.3. The van der Waals surface area contributed by atoms with E-state index in [0.717, 1.165) is 27.3 Å². The van der Waals surface area contributed by atoms with E-state index in [9.17, 15) is 5.11 Å². The van der Waals surface area contributed by atoms with E-state index >= 15 is 0 Å². The molecular formula is C12H14BrClN2OS. The zero-order chi connectivity index (χ0) is 13.3. The van der Waals surface area contributed by atoms with E-state index in [0.29, 0.717) is 10.8 Å². The Bertz CT molecular complexity index is 533. The molecule has 0 aromatic carbocycles. The number of hydrogen-bond donors (Lipinski definition) is 1. The summed E-state index contributed by atoms with van der Waals surface area (Å²) in [6.45, 7) is 4.81.